The van der Waals surface area contributed by atoms with Gasteiger partial charge in [0.2, 0.25) is 0 Å². The van der Waals surface area contributed by atoms with E-state index in [-0.39, 0.29) is 101 Å². The van der Waals surface area contributed by atoms with Crippen molar-refractivity contribution >= 4 is 173 Å². The van der Waals surface area contributed by atoms with Gasteiger partial charge in [0, 0.05) is 45.8 Å². The Balaban J connectivity index is 1.24. The summed E-state index contributed by atoms with van der Waals surface area (Å²) in [5, 5.41) is 138. The Bertz CT molecular complexity index is 4640. The monoisotopic (exact) mass is 1360 g/mol. The van der Waals surface area contributed by atoms with E-state index < -0.39 is 133 Å². The van der Waals surface area contributed by atoms with Crippen LogP contribution in [-0.2, 0) is 67.8 Å². The number of phenolic OH excluding ortho intramolecular Hbond substituents is 3. The number of rotatable bonds is 25. The smallest absolute Gasteiger partial charge is 0.297 e. The third kappa shape index (κ3) is 14.4. The van der Waals surface area contributed by atoms with Crippen molar-refractivity contribution in [2.24, 2.45) is 40.9 Å². The molecule has 0 aliphatic rings. The van der Waals surface area contributed by atoms with E-state index in [1.165, 1.54) is 12.1 Å². The predicted octanol–water partition coefficient (Wildman–Crippen LogP) is 12.8. The number of nitro benzene ring substituents is 2. The molecule has 88 heavy (non-hydrogen) atoms. The second-order valence-electron chi connectivity index (χ2n) is 16.3. The normalized spacial score (nSPS) is 12.6. The zero-order chi connectivity index (χ0) is 64.0. The molecule has 8 rings (SSSR count). The Morgan fingerprint density at radius 2 is 0.920 bits per heavy atom. The number of nitro groups is 2. The first-order chi connectivity index (χ1) is 41.7. The van der Waals surface area contributed by atoms with Gasteiger partial charge in [-0.1, -0.05) is 26.2 Å². The minimum atomic E-state index is -5.35. The number of anilines is 1. The molecule has 0 radical (unpaired) electrons. The number of hydrogen-bond acceptors (Lipinski definition) is 38. The highest BCUT2D eigenvalue weighted by Gasteiger charge is 2.28. The summed E-state index contributed by atoms with van der Waals surface area (Å²) in [4.78, 5) is 16.6. The molecular weight excluding hydrogens is 1330 g/mol. The summed E-state index contributed by atoms with van der Waals surface area (Å²) in [5.74, 6) is -2.84. The van der Waals surface area contributed by atoms with Crippen LogP contribution in [0.5, 0.6) is 17.2 Å². The Morgan fingerprint density at radius 1 is 0.432 bits per heavy atom. The lowest BCUT2D eigenvalue weighted by molar-refractivity contribution is -0.432. The van der Waals surface area contributed by atoms with Gasteiger partial charge in [0.05, 0.1) is 94.4 Å². The molecule has 0 aliphatic heterocycles. The summed E-state index contributed by atoms with van der Waals surface area (Å²) in [5.41, 5.74) is 0.408. The van der Waals surface area contributed by atoms with Crippen molar-refractivity contribution in [1.82, 2.24) is 0 Å². The number of benzene rings is 8. The fraction of sp³-hybridized carbons (Fsp3) is 0. The molecular formula is C42H27N11O28S7. The lowest BCUT2D eigenvalue weighted by Gasteiger charge is -2.15. The number of azo groups is 4. The molecule has 0 fully saturated rings. The van der Waals surface area contributed by atoms with Crippen LogP contribution in [0.4, 0.5) is 62.6 Å². The fourth-order valence-electron chi connectivity index (χ4n) is 7.66. The van der Waals surface area contributed by atoms with E-state index in [4.69, 9.17) is 21.5 Å². The van der Waals surface area contributed by atoms with E-state index >= 15 is 0 Å². The first-order valence-corrected chi connectivity index (χ1v) is 29.5. The Labute approximate surface area is 502 Å². The number of nitrogen functional groups attached to an aromatic ring is 1. The van der Waals surface area contributed by atoms with Crippen molar-refractivity contribution in [2.45, 2.75) is 34.3 Å². The average Bonchev–Trinajstić information content (AvgIpc) is 1.13. The summed E-state index contributed by atoms with van der Waals surface area (Å²) in [6, 6.07) is 14.3. The molecule has 8 aromatic rings. The third-order valence-corrected chi connectivity index (χ3v) is 16.6. The molecule has 0 unspecified atom stereocenters. The number of nitrogens with zero attached hydrogens (tertiary/aromatic N) is 10. The van der Waals surface area contributed by atoms with E-state index in [9.17, 15) is 79.7 Å². The zero-order valence-electron chi connectivity index (χ0n) is 41.9. The molecule has 8 aromatic carbocycles. The van der Waals surface area contributed by atoms with Crippen molar-refractivity contribution in [3.05, 3.63) is 111 Å². The minimum absolute atomic E-state index is 0.0725. The quantitative estimate of drug-likeness (QED) is 0.00481. The van der Waals surface area contributed by atoms with Gasteiger partial charge in [-0.15, -0.1) is 53.1 Å². The first-order valence-electron chi connectivity index (χ1n) is 22.2. The molecule has 39 nitrogen and oxygen atoms in total. The van der Waals surface area contributed by atoms with Gasteiger partial charge in [0.25, 0.3) is 41.7 Å². The molecule has 0 atom stereocenters. The van der Waals surface area contributed by atoms with Gasteiger partial charge in [-0.25, -0.2) is 21.0 Å². The maximum Gasteiger partial charge on any atom is 0.297 e. The van der Waals surface area contributed by atoms with Gasteiger partial charge in [-0.05, 0) is 66.0 Å². The molecule has 46 heteroatoms. The fourth-order valence-corrected chi connectivity index (χ4v) is 11.6. The number of phenols is 3. The maximum absolute atomic E-state index is 13.0. The molecule has 0 heterocycles. The van der Waals surface area contributed by atoms with Crippen molar-refractivity contribution in [2.75, 3.05) is 5.73 Å². The molecule has 0 bridgehead atoms. The number of fused-ring (bicyclic) bond motifs is 3. The summed E-state index contributed by atoms with van der Waals surface area (Å²) in [7, 11) is -15.7. The van der Waals surface area contributed by atoms with Crippen LogP contribution in [0.25, 0.3) is 32.3 Å². The molecule has 0 aliphatic carbocycles. The molecule has 0 saturated carbocycles. The average molecular weight is 1360 g/mol. The highest BCUT2D eigenvalue weighted by molar-refractivity contribution is 7.95. The van der Waals surface area contributed by atoms with E-state index in [2.05, 4.69) is 78.4 Å². The number of nitrogens with two attached hydrogens (primary N) is 1. The van der Waals surface area contributed by atoms with Crippen LogP contribution in [0, 0.1) is 20.2 Å². The first kappa shape index (κ1) is 65.6. The SMILES string of the molecule is Nc1c(N=Nc2ccc3cc(S(=O)(=O)O)c(N=Nc4ccc([N+](=O)[O-])cc4SOOO)c(O)c3c2)cc(S(=O)(=O)O)c2cc(SOOO)c(N=Nc3ccc4c(O)c(N=Nc5ccc([N+](=O)[O-])cc5S(=O)(=O)O)c(SOOO)cc4c3SOOO)c(O)c12. The van der Waals surface area contributed by atoms with Crippen LogP contribution < -0.4 is 5.73 Å². The topological polar surface area (TPSA) is 590 Å². The van der Waals surface area contributed by atoms with Crippen LogP contribution in [0.1, 0.15) is 0 Å². The maximum atomic E-state index is 13.0. The van der Waals surface area contributed by atoms with Crippen molar-refractivity contribution < 1.29 is 123 Å². The second-order valence-corrected chi connectivity index (χ2v) is 23.4. The lowest BCUT2D eigenvalue weighted by atomic mass is 10.0. The van der Waals surface area contributed by atoms with Gasteiger partial charge in [-0.2, -0.15) is 30.4 Å². The third-order valence-electron chi connectivity index (χ3n) is 11.3. The Hall–Kier alpha value is -8.41. The largest absolute Gasteiger partial charge is 0.505 e. The van der Waals surface area contributed by atoms with Crippen LogP contribution in [0.15, 0.2) is 166 Å². The summed E-state index contributed by atoms with van der Waals surface area (Å²) >= 11 is 0.601. The highest BCUT2D eigenvalue weighted by atomic mass is 32.2. The molecule has 460 valence electrons. The number of hydrogen-bond donors (Lipinski definition) is 11. The summed E-state index contributed by atoms with van der Waals surface area (Å²) in [6.45, 7) is 0. The summed E-state index contributed by atoms with van der Waals surface area (Å²) < 4.78 is 124. The molecule has 0 aromatic heterocycles. The van der Waals surface area contributed by atoms with Gasteiger partial charge in [-0.3, -0.25) is 33.9 Å². The van der Waals surface area contributed by atoms with Gasteiger partial charge in [0.1, 0.15) is 54.5 Å². The predicted molar refractivity (Wildman–Crippen MR) is 296 cm³/mol. The van der Waals surface area contributed by atoms with E-state index in [0.717, 1.165) is 66.7 Å². The van der Waals surface area contributed by atoms with Crippen molar-refractivity contribution in [3.63, 3.8) is 0 Å². The molecule has 0 spiro atoms. The number of aromatic hydroxyl groups is 3. The molecule has 0 amide bonds. The minimum Gasteiger partial charge on any atom is -0.505 e. The Kier molecular flexibility index (Phi) is 20.4. The number of non-ortho nitro benzene ring substituents is 2. The van der Waals surface area contributed by atoms with E-state index in [1.54, 1.807) is 0 Å². The van der Waals surface area contributed by atoms with Crippen LogP contribution in [0.3, 0.4) is 0 Å². The second kappa shape index (κ2) is 27.3. The standard InChI is InChI=1S/C42H27N11O28S7/c43-35-27(48-44-17-2-1-16-9-33(88(71,72)73)38(40(55)21(16)10-17)51-45-24-6-3-18(52(57)58)11-28(24)82-78-74-61)15-31(86(65,66)67)23-14-30(84-80-76-63)37(41(56)34(23)35)50-47-26-8-5-20-22(42(26)85-81-77-64)13-29(83-79-75-62)36(39(20)54)49-46-25-7-4-19(53(59)60)12-32(25)87(68,69)70/h1-15,54-56,61-64H,43H2,(H,65,66,67)(H,68,69,70)(H,71,72,73). The molecule has 0 saturated heterocycles. The van der Waals surface area contributed by atoms with E-state index in [0.29, 0.717) is 12.1 Å². The van der Waals surface area contributed by atoms with Crippen molar-refractivity contribution in [3.8, 4) is 17.2 Å². The molecule has 12 N–H and O–H groups in total. The van der Waals surface area contributed by atoms with Crippen molar-refractivity contribution in [1.29, 1.82) is 0 Å². The lowest BCUT2D eigenvalue weighted by Crippen LogP contribution is -2.02. The van der Waals surface area contributed by atoms with Crippen LogP contribution in [0.2, 0.25) is 0 Å². The Morgan fingerprint density at radius 3 is 1.51 bits per heavy atom. The highest BCUT2D eigenvalue weighted by Crippen LogP contribution is 2.53. The van der Waals surface area contributed by atoms with Crippen LogP contribution in [-0.4, -0.2) is 85.1 Å². The van der Waals surface area contributed by atoms with Gasteiger partial charge < -0.3 is 21.1 Å². The zero-order valence-corrected chi connectivity index (χ0v) is 47.6. The summed E-state index contributed by atoms with van der Waals surface area (Å²) in [6.07, 6.45) is 0. The van der Waals surface area contributed by atoms with Crippen LogP contribution >= 0.6 is 48.2 Å². The van der Waals surface area contributed by atoms with Gasteiger partial charge in [0.15, 0.2) is 17.2 Å². The van der Waals surface area contributed by atoms with E-state index in [1.807, 2.05) is 0 Å². The van der Waals surface area contributed by atoms with Gasteiger partial charge >= 0.3 is 0 Å².